The van der Waals surface area contributed by atoms with Crippen LogP contribution in [0.2, 0.25) is 0 Å². The van der Waals surface area contributed by atoms with Gasteiger partial charge in [-0.2, -0.15) is 0 Å². The van der Waals surface area contributed by atoms with Crippen LogP contribution in [0.15, 0.2) is 78.9 Å². The summed E-state index contributed by atoms with van der Waals surface area (Å²) in [6, 6.07) is 26.3. The van der Waals surface area contributed by atoms with Crippen LogP contribution in [-0.4, -0.2) is 19.4 Å². The standard InChI is InChI=1S/C19H16BN2O2/c23-20-24-18-13-7-12-17-19(18)22(16-10-5-2-6-11-16)14-21(17)15-8-3-1-4-9-15/h1-13,23H,14H2. The van der Waals surface area contributed by atoms with E-state index < -0.39 is 0 Å². The van der Waals surface area contributed by atoms with Gasteiger partial charge in [-0.15, -0.1) is 0 Å². The third kappa shape index (κ3) is 2.49. The first-order valence-electron chi connectivity index (χ1n) is 7.79. The largest absolute Gasteiger partial charge is 0.569 e. The highest BCUT2D eigenvalue weighted by Crippen LogP contribution is 2.48. The van der Waals surface area contributed by atoms with E-state index in [9.17, 15) is 0 Å². The van der Waals surface area contributed by atoms with Gasteiger partial charge < -0.3 is 19.5 Å². The molecule has 0 bridgehead atoms. The predicted octanol–water partition coefficient (Wildman–Crippen LogP) is 3.84. The van der Waals surface area contributed by atoms with Crippen molar-refractivity contribution in [1.29, 1.82) is 0 Å². The first kappa shape index (κ1) is 14.7. The summed E-state index contributed by atoms with van der Waals surface area (Å²) in [6.45, 7) is 0.676. The van der Waals surface area contributed by atoms with Crippen molar-refractivity contribution in [1.82, 2.24) is 0 Å². The molecule has 3 aromatic carbocycles. The molecule has 0 amide bonds. The summed E-state index contributed by atoms with van der Waals surface area (Å²) in [5.74, 6) is 0.622. The maximum atomic E-state index is 9.11. The Kier molecular flexibility index (Phi) is 3.85. The molecule has 0 saturated heterocycles. The second kappa shape index (κ2) is 6.30. The lowest BCUT2D eigenvalue weighted by Crippen LogP contribution is -2.24. The van der Waals surface area contributed by atoms with Crippen molar-refractivity contribution in [3.05, 3.63) is 78.9 Å². The molecule has 4 rings (SSSR count). The van der Waals surface area contributed by atoms with Crippen molar-refractivity contribution in [2.75, 3.05) is 16.5 Å². The van der Waals surface area contributed by atoms with E-state index in [-0.39, 0.29) is 0 Å². The van der Waals surface area contributed by atoms with Gasteiger partial charge in [0.1, 0.15) is 18.1 Å². The number of rotatable bonds is 4. The van der Waals surface area contributed by atoms with E-state index in [0.717, 1.165) is 30.4 Å². The molecule has 24 heavy (non-hydrogen) atoms. The van der Waals surface area contributed by atoms with Crippen molar-refractivity contribution in [2.45, 2.75) is 0 Å². The van der Waals surface area contributed by atoms with E-state index in [1.807, 2.05) is 48.5 Å². The van der Waals surface area contributed by atoms with Crippen LogP contribution < -0.4 is 14.5 Å². The summed E-state index contributed by atoms with van der Waals surface area (Å²) in [7, 11) is 0.726. The lowest BCUT2D eigenvalue weighted by Gasteiger charge is -2.22. The van der Waals surface area contributed by atoms with Gasteiger partial charge in [0, 0.05) is 11.4 Å². The highest BCUT2D eigenvalue weighted by atomic mass is 16.5. The highest BCUT2D eigenvalue weighted by Gasteiger charge is 2.30. The van der Waals surface area contributed by atoms with Crippen molar-refractivity contribution in [3.8, 4) is 5.75 Å². The predicted molar refractivity (Wildman–Crippen MR) is 97.1 cm³/mol. The van der Waals surface area contributed by atoms with Gasteiger partial charge in [-0.3, -0.25) is 0 Å². The molecule has 0 spiro atoms. The number of fused-ring (bicyclic) bond motifs is 1. The maximum absolute atomic E-state index is 9.11. The number of hydrogen-bond donors (Lipinski definition) is 1. The quantitative estimate of drug-likeness (QED) is 0.742. The van der Waals surface area contributed by atoms with Crippen LogP contribution in [0.3, 0.4) is 0 Å². The summed E-state index contributed by atoms with van der Waals surface area (Å²) in [4.78, 5) is 4.41. The van der Waals surface area contributed by atoms with Gasteiger partial charge in [0.25, 0.3) is 0 Å². The molecule has 117 valence electrons. The second-order valence-electron chi connectivity index (χ2n) is 5.52. The molecular weight excluding hydrogens is 299 g/mol. The molecule has 3 aromatic rings. The van der Waals surface area contributed by atoms with Crippen LogP contribution in [-0.2, 0) is 0 Å². The molecule has 1 heterocycles. The molecule has 1 N–H and O–H groups in total. The summed E-state index contributed by atoms with van der Waals surface area (Å²) < 4.78 is 5.35. The molecular formula is C19H16BN2O2. The van der Waals surface area contributed by atoms with E-state index in [4.69, 9.17) is 9.68 Å². The van der Waals surface area contributed by atoms with Crippen LogP contribution >= 0.6 is 0 Å². The Labute approximate surface area is 141 Å². The fraction of sp³-hybridized carbons (Fsp3) is 0.0526. The summed E-state index contributed by atoms with van der Waals surface area (Å²) >= 11 is 0. The maximum Gasteiger partial charge on any atom is 0.569 e. The Morgan fingerprint density at radius 1 is 0.750 bits per heavy atom. The number of nitrogens with zero attached hydrogens (tertiary/aromatic N) is 2. The normalized spacial score (nSPS) is 12.9. The van der Waals surface area contributed by atoms with Crippen LogP contribution in [0.1, 0.15) is 0 Å². The van der Waals surface area contributed by atoms with Crippen molar-refractivity contribution < 1.29 is 9.68 Å². The Morgan fingerprint density at radius 3 is 2.00 bits per heavy atom. The summed E-state index contributed by atoms with van der Waals surface area (Å²) in [6.07, 6.45) is 0. The van der Waals surface area contributed by atoms with Crippen LogP contribution in [0.5, 0.6) is 5.75 Å². The van der Waals surface area contributed by atoms with E-state index in [1.54, 1.807) is 0 Å². The van der Waals surface area contributed by atoms with Crippen LogP contribution in [0, 0.1) is 0 Å². The zero-order chi connectivity index (χ0) is 16.4. The van der Waals surface area contributed by atoms with Crippen molar-refractivity contribution >= 4 is 30.4 Å². The van der Waals surface area contributed by atoms with Crippen molar-refractivity contribution in [2.24, 2.45) is 0 Å². The molecule has 5 heteroatoms. The average molecular weight is 315 g/mol. The Hall–Kier alpha value is -2.92. The van der Waals surface area contributed by atoms with Gasteiger partial charge >= 0.3 is 7.69 Å². The summed E-state index contributed by atoms with van der Waals surface area (Å²) in [5.41, 5.74) is 4.18. The summed E-state index contributed by atoms with van der Waals surface area (Å²) in [5, 5.41) is 9.11. The van der Waals surface area contributed by atoms with Crippen LogP contribution in [0.25, 0.3) is 0 Å². The molecule has 1 aliphatic heterocycles. The minimum atomic E-state index is 0.622. The molecule has 0 atom stereocenters. The molecule has 0 saturated carbocycles. The number of benzene rings is 3. The zero-order valence-corrected chi connectivity index (χ0v) is 13.0. The topological polar surface area (TPSA) is 35.9 Å². The molecule has 0 aromatic heterocycles. The smallest absolute Gasteiger partial charge is 0.536 e. The third-order valence-corrected chi connectivity index (χ3v) is 4.14. The Bertz CT molecular complexity index is 827. The molecule has 0 aliphatic carbocycles. The zero-order valence-electron chi connectivity index (χ0n) is 13.0. The fourth-order valence-electron chi connectivity index (χ4n) is 3.09. The monoisotopic (exact) mass is 315 g/mol. The van der Waals surface area contributed by atoms with Gasteiger partial charge in [-0.25, -0.2) is 0 Å². The van der Waals surface area contributed by atoms with E-state index >= 15 is 0 Å². The minimum Gasteiger partial charge on any atom is -0.536 e. The van der Waals surface area contributed by atoms with E-state index in [0.29, 0.717) is 12.4 Å². The van der Waals surface area contributed by atoms with Gasteiger partial charge in [0.05, 0.1) is 5.69 Å². The van der Waals surface area contributed by atoms with Gasteiger partial charge in [0.2, 0.25) is 0 Å². The second-order valence-corrected chi connectivity index (χ2v) is 5.52. The van der Waals surface area contributed by atoms with Crippen molar-refractivity contribution in [3.63, 3.8) is 0 Å². The molecule has 0 unspecified atom stereocenters. The first-order chi connectivity index (χ1) is 11.9. The minimum absolute atomic E-state index is 0.622. The first-order valence-corrected chi connectivity index (χ1v) is 7.79. The average Bonchev–Trinajstić information content (AvgIpc) is 3.04. The number of para-hydroxylation sites is 3. The van der Waals surface area contributed by atoms with Gasteiger partial charge in [-0.05, 0) is 36.4 Å². The lowest BCUT2D eigenvalue weighted by molar-refractivity contribution is 0.454. The van der Waals surface area contributed by atoms with Gasteiger partial charge in [0.15, 0.2) is 0 Å². The Balaban J connectivity index is 1.85. The van der Waals surface area contributed by atoms with Crippen LogP contribution in [0.4, 0.5) is 22.7 Å². The molecule has 0 fully saturated rings. The molecule has 4 nitrogen and oxygen atoms in total. The third-order valence-electron chi connectivity index (χ3n) is 4.14. The number of anilines is 4. The lowest BCUT2D eigenvalue weighted by atomic mass is 10.2. The van der Waals surface area contributed by atoms with E-state index in [1.165, 1.54) is 0 Å². The molecule has 1 radical (unpaired) electrons. The number of hydrogen-bond acceptors (Lipinski definition) is 4. The highest BCUT2D eigenvalue weighted by molar-refractivity contribution is 6.18. The van der Waals surface area contributed by atoms with E-state index in [2.05, 4.69) is 40.1 Å². The SMILES string of the molecule is O[B]Oc1cccc2c1N(c1ccccc1)CN2c1ccccc1. The fourth-order valence-corrected chi connectivity index (χ4v) is 3.09. The Morgan fingerprint density at radius 2 is 1.38 bits per heavy atom. The molecule has 1 aliphatic rings. The van der Waals surface area contributed by atoms with Gasteiger partial charge in [-0.1, -0.05) is 42.5 Å².